The number of aromatic amines is 1. The van der Waals surface area contributed by atoms with Crippen LogP contribution in [0.5, 0.6) is 5.75 Å². The smallest absolute Gasteiger partial charge is 0.328 e. The Morgan fingerprint density at radius 3 is 2.11 bits per heavy atom. The summed E-state index contributed by atoms with van der Waals surface area (Å²) in [5.41, 5.74) is 18.8. The zero-order valence-corrected chi connectivity index (χ0v) is 23.9. The summed E-state index contributed by atoms with van der Waals surface area (Å²) in [6, 6.07) is 8.17. The van der Waals surface area contributed by atoms with Crippen molar-refractivity contribution in [1.29, 1.82) is 0 Å². The molecule has 0 spiro atoms. The van der Waals surface area contributed by atoms with E-state index in [2.05, 4.69) is 25.9 Å². The number of H-pyrrole nitrogens is 1. The minimum atomic E-state index is -1.61. The van der Waals surface area contributed by atoms with Crippen LogP contribution in [0.25, 0.3) is 10.9 Å². The van der Waals surface area contributed by atoms with Gasteiger partial charge in [-0.05, 0) is 42.2 Å². The number of amides is 3. The Morgan fingerprint density at radius 2 is 1.48 bits per heavy atom. The van der Waals surface area contributed by atoms with Crippen molar-refractivity contribution in [3.63, 3.8) is 0 Å². The number of para-hydroxylation sites is 1. The van der Waals surface area contributed by atoms with Gasteiger partial charge in [-0.1, -0.05) is 30.3 Å². The van der Waals surface area contributed by atoms with Crippen LogP contribution < -0.4 is 33.2 Å². The first-order valence-corrected chi connectivity index (χ1v) is 13.9. The highest BCUT2D eigenvalue weighted by atomic mass is 16.4. The summed E-state index contributed by atoms with van der Waals surface area (Å²) in [4.78, 5) is 58.4. The van der Waals surface area contributed by atoms with Crippen molar-refractivity contribution in [3.8, 4) is 5.75 Å². The second-order valence-electron chi connectivity index (χ2n) is 10.2. The Balaban J connectivity index is 1.85. The van der Waals surface area contributed by atoms with Crippen LogP contribution in [-0.4, -0.2) is 87.3 Å². The van der Waals surface area contributed by atoms with Crippen LogP contribution in [0.1, 0.15) is 24.0 Å². The van der Waals surface area contributed by atoms with Crippen LogP contribution in [0.2, 0.25) is 0 Å². The number of aromatic hydroxyl groups is 1. The minimum absolute atomic E-state index is 0.0128. The van der Waals surface area contributed by atoms with Crippen molar-refractivity contribution in [3.05, 3.63) is 65.9 Å². The Labute approximate surface area is 252 Å². The maximum atomic E-state index is 13.7. The lowest BCUT2D eigenvalue weighted by Gasteiger charge is -2.25. The minimum Gasteiger partial charge on any atom is -0.508 e. The van der Waals surface area contributed by atoms with E-state index in [4.69, 9.17) is 17.2 Å². The van der Waals surface area contributed by atoms with E-state index in [1.54, 1.807) is 6.20 Å². The zero-order valence-electron chi connectivity index (χ0n) is 23.9. The highest BCUT2D eigenvalue weighted by Gasteiger charge is 2.31. The van der Waals surface area contributed by atoms with Crippen molar-refractivity contribution in [2.45, 2.75) is 49.9 Å². The van der Waals surface area contributed by atoms with E-state index < -0.39 is 54.5 Å². The highest BCUT2D eigenvalue weighted by molar-refractivity contribution is 5.95. The molecule has 0 aliphatic rings. The number of nitrogens with two attached hydrogens (primary N) is 3. The van der Waals surface area contributed by atoms with Gasteiger partial charge in [0, 0.05) is 36.5 Å². The SMILES string of the molecule is NC(N)=NCCCC(N)C(=O)NC(Cc1c[nH]c2ccccc12)C(=O)NC(Cc1ccc(O)cc1)C(=O)NC(CO)C(=O)O. The summed E-state index contributed by atoms with van der Waals surface area (Å²) in [5.74, 6) is -3.78. The highest BCUT2D eigenvalue weighted by Crippen LogP contribution is 2.20. The molecule has 2 aromatic carbocycles. The third-order valence-corrected chi connectivity index (χ3v) is 6.84. The molecule has 15 nitrogen and oxygen atoms in total. The number of fused-ring (bicyclic) bond motifs is 1. The predicted molar refractivity (Wildman–Crippen MR) is 162 cm³/mol. The summed E-state index contributed by atoms with van der Waals surface area (Å²) in [5, 5.41) is 36.7. The number of guanidine groups is 1. The standard InChI is InChI=1S/C29H38N8O7/c30-20(5-3-11-33-29(31)32)25(40)35-23(13-17-14-34-21-6-2-1-4-19(17)21)27(42)36-22(12-16-7-9-18(39)10-8-16)26(41)37-24(15-38)28(43)44/h1-2,4,6-10,14,20,22-24,34,38-39H,3,5,11-13,15,30H2,(H,35,40)(H,36,42)(H,37,41)(H,43,44)(H4,31,32,33). The molecule has 3 aromatic rings. The van der Waals surface area contributed by atoms with Crippen LogP contribution in [0.3, 0.4) is 0 Å². The van der Waals surface area contributed by atoms with Gasteiger partial charge in [0.05, 0.1) is 12.6 Å². The van der Waals surface area contributed by atoms with Gasteiger partial charge in [-0.3, -0.25) is 19.4 Å². The second kappa shape index (κ2) is 15.9. The normalized spacial score (nSPS) is 13.7. The molecule has 0 bridgehead atoms. The number of aromatic nitrogens is 1. The van der Waals surface area contributed by atoms with Crippen LogP contribution in [-0.2, 0) is 32.0 Å². The van der Waals surface area contributed by atoms with E-state index in [1.807, 2.05) is 24.3 Å². The number of hydrogen-bond donors (Lipinski definition) is 10. The molecule has 0 saturated heterocycles. The first-order chi connectivity index (χ1) is 21.0. The van der Waals surface area contributed by atoms with Gasteiger partial charge in [-0.2, -0.15) is 0 Å². The zero-order chi connectivity index (χ0) is 32.2. The largest absolute Gasteiger partial charge is 0.508 e. The molecule has 0 saturated carbocycles. The average Bonchev–Trinajstić information content (AvgIpc) is 3.40. The first kappa shape index (κ1) is 33.4. The lowest BCUT2D eigenvalue weighted by molar-refractivity contribution is -0.143. The van der Waals surface area contributed by atoms with Gasteiger partial charge in [0.1, 0.15) is 23.9 Å². The van der Waals surface area contributed by atoms with Gasteiger partial charge in [-0.15, -0.1) is 0 Å². The summed E-state index contributed by atoms with van der Waals surface area (Å²) in [7, 11) is 0. The van der Waals surface area contributed by atoms with Gasteiger partial charge < -0.3 is 53.5 Å². The molecule has 0 aliphatic carbocycles. The van der Waals surface area contributed by atoms with Gasteiger partial charge in [-0.25, -0.2) is 4.79 Å². The van der Waals surface area contributed by atoms with Gasteiger partial charge in [0.2, 0.25) is 17.7 Å². The Morgan fingerprint density at radius 1 is 0.864 bits per heavy atom. The number of phenols is 1. The summed E-state index contributed by atoms with van der Waals surface area (Å²) < 4.78 is 0. The predicted octanol–water partition coefficient (Wildman–Crippen LogP) is -1.43. The molecule has 1 aromatic heterocycles. The van der Waals surface area contributed by atoms with E-state index in [0.29, 0.717) is 17.5 Å². The van der Waals surface area contributed by atoms with Crippen LogP contribution >= 0.6 is 0 Å². The quantitative estimate of drug-likeness (QED) is 0.0513. The van der Waals surface area contributed by atoms with Crippen molar-refractivity contribution >= 4 is 40.6 Å². The Kier molecular flexibility index (Phi) is 12.1. The third-order valence-electron chi connectivity index (χ3n) is 6.84. The fourth-order valence-corrected chi connectivity index (χ4v) is 4.47. The average molecular weight is 611 g/mol. The number of nitrogens with one attached hydrogen (secondary N) is 4. The number of phenolic OH excluding ortho intramolecular Hbond substituents is 1. The van der Waals surface area contributed by atoms with Gasteiger partial charge >= 0.3 is 5.97 Å². The van der Waals surface area contributed by atoms with Crippen LogP contribution in [0, 0.1) is 0 Å². The molecular formula is C29H38N8O7. The molecule has 15 heteroatoms. The molecule has 13 N–H and O–H groups in total. The van der Waals surface area contributed by atoms with Crippen LogP contribution in [0.15, 0.2) is 59.7 Å². The van der Waals surface area contributed by atoms with Crippen molar-refractivity contribution in [2.75, 3.05) is 13.2 Å². The van der Waals surface area contributed by atoms with E-state index in [1.165, 1.54) is 24.3 Å². The van der Waals surface area contributed by atoms with Gasteiger partial charge in [0.25, 0.3) is 0 Å². The number of aliphatic hydroxyl groups is 1. The van der Waals surface area contributed by atoms with Crippen molar-refractivity contribution < 1.29 is 34.5 Å². The number of rotatable bonds is 16. The topological polar surface area (TPSA) is 271 Å². The summed E-state index contributed by atoms with van der Waals surface area (Å²) in [6.07, 6.45) is 2.30. The second-order valence-corrected chi connectivity index (χ2v) is 10.2. The number of carboxylic acids is 1. The molecule has 0 fully saturated rings. The number of aliphatic carboxylic acids is 1. The number of benzene rings is 2. The van der Waals surface area contributed by atoms with Crippen molar-refractivity contribution in [1.82, 2.24) is 20.9 Å². The maximum Gasteiger partial charge on any atom is 0.328 e. The first-order valence-electron chi connectivity index (χ1n) is 13.9. The molecule has 0 radical (unpaired) electrons. The number of nitrogens with zero attached hydrogens (tertiary/aromatic N) is 1. The molecular weight excluding hydrogens is 572 g/mol. The molecule has 4 atom stereocenters. The molecule has 3 rings (SSSR count). The van der Waals surface area contributed by atoms with E-state index in [-0.39, 0.29) is 37.5 Å². The summed E-state index contributed by atoms with van der Waals surface area (Å²) in [6.45, 7) is -0.608. The fourth-order valence-electron chi connectivity index (χ4n) is 4.47. The fraction of sp³-hybridized carbons (Fsp3) is 0.345. The number of carboxylic acid groups (broad SMARTS) is 1. The third kappa shape index (κ3) is 9.71. The van der Waals surface area contributed by atoms with E-state index in [9.17, 15) is 34.5 Å². The van der Waals surface area contributed by atoms with Crippen LogP contribution in [0.4, 0.5) is 0 Å². The Bertz CT molecular complexity index is 1470. The van der Waals surface area contributed by atoms with E-state index in [0.717, 1.165) is 10.9 Å². The molecule has 4 unspecified atom stereocenters. The maximum absolute atomic E-state index is 13.7. The number of carbonyl (C=O) groups is 4. The van der Waals surface area contributed by atoms with Gasteiger partial charge in [0.15, 0.2) is 5.96 Å². The van der Waals surface area contributed by atoms with Crippen molar-refractivity contribution in [2.24, 2.45) is 22.2 Å². The molecule has 236 valence electrons. The summed E-state index contributed by atoms with van der Waals surface area (Å²) >= 11 is 0. The number of hydrogen-bond acceptors (Lipinski definition) is 8. The molecule has 44 heavy (non-hydrogen) atoms. The Hall–Kier alpha value is -5.15. The number of aliphatic imine (C=N–C) groups is 1. The number of aliphatic hydroxyl groups excluding tert-OH is 1. The molecule has 3 amide bonds. The monoisotopic (exact) mass is 610 g/mol. The molecule has 0 aliphatic heterocycles. The van der Waals surface area contributed by atoms with E-state index >= 15 is 0 Å². The lowest BCUT2D eigenvalue weighted by atomic mass is 10.0. The number of carbonyl (C=O) groups excluding carboxylic acids is 3. The molecule has 1 heterocycles. The lowest BCUT2D eigenvalue weighted by Crippen LogP contribution is -2.58.